The van der Waals surface area contributed by atoms with E-state index in [0.29, 0.717) is 25.3 Å². The van der Waals surface area contributed by atoms with Crippen molar-refractivity contribution in [3.05, 3.63) is 59.4 Å². The Kier molecular flexibility index (Phi) is 7.54. The van der Waals surface area contributed by atoms with Crippen LogP contribution in [0.15, 0.2) is 42.5 Å². The molecule has 1 fully saturated rings. The van der Waals surface area contributed by atoms with Gasteiger partial charge in [0.2, 0.25) is 11.8 Å². The average Bonchev–Trinajstić information content (AvgIpc) is 2.72. The fourth-order valence-corrected chi connectivity index (χ4v) is 3.63. The lowest BCUT2D eigenvalue weighted by molar-refractivity contribution is -0.120. The summed E-state index contributed by atoms with van der Waals surface area (Å²) in [6.45, 7) is 7.59. The highest BCUT2D eigenvalue weighted by molar-refractivity contribution is 5.94. The van der Waals surface area contributed by atoms with Crippen molar-refractivity contribution in [2.24, 2.45) is 0 Å². The Morgan fingerprint density at radius 2 is 1.47 bits per heavy atom. The molecule has 1 heterocycles. The second kappa shape index (κ2) is 10.3. The van der Waals surface area contributed by atoms with Crippen LogP contribution < -0.4 is 10.6 Å². The van der Waals surface area contributed by atoms with Gasteiger partial charge in [-0.25, -0.2) is 4.39 Å². The molecule has 0 bridgehead atoms. The lowest BCUT2D eigenvalue weighted by Crippen LogP contribution is -2.50. The SMILES string of the molecule is CCc1cccc(C)c1NC(=O)CN1CCN(CC(=O)Nc2ccc(F)cc2)CC1. The van der Waals surface area contributed by atoms with E-state index in [0.717, 1.165) is 36.3 Å². The van der Waals surface area contributed by atoms with Crippen molar-refractivity contribution in [3.8, 4) is 0 Å². The summed E-state index contributed by atoms with van der Waals surface area (Å²) in [5.74, 6) is -0.470. The Labute approximate surface area is 177 Å². The van der Waals surface area contributed by atoms with E-state index >= 15 is 0 Å². The molecule has 0 aromatic heterocycles. The fraction of sp³-hybridized carbons (Fsp3) is 0.391. The maximum atomic E-state index is 12.9. The average molecular weight is 413 g/mol. The number of hydrogen-bond acceptors (Lipinski definition) is 4. The van der Waals surface area contributed by atoms with Crippen LogP contribution in [0.4, 0.5) is 15.8 Å². The lowest BCUT2D eigenvalue weighted by Gasteiger charge is -2.33. The van der Waals surface area contributed by atoms with Gasteiger partial charge in [-0.05, 0) is 48.7 Å². The summed E-state index contributed by atoms with van der Waals surface area (Å²) in [6.07, 6.45) is 0.871. The number of nitrogens with one attached hydrogen (secondary N) is 2. The Bertz CT molecular complexity index is 877. The Morgan fingerprint density at radius 3 is 2.03 bits per heavy atom. The van der Waals surface area contributed by atoms with Crippen molar-refractivity contribution in [2.75, 3.05) is 49.9 Å². The molecule has 0 aliphatic carbocycles. The summed E-state index contributed by atoms with van der Waals surface area (Å²) in [5.41, 5.74) is 3.71. The van der Waals surface area contributed by atoms with E-state index in [1.807, 2.05) is 25.1 Å². The number of hydrogen-bond donors (Lipinski definition) is 2. The van der Waals surface area contributed by atoms with E-state index in [1.165, 1.54) is 12.1 Å². The first-order valence-corrected chi connectivity index (χ1v) is 10.3. The number of nitrogens with zero attached hydrogens (tertiary/aromatic N) is 2. The summed E-state index contributed by atoms with van der Waals surface area (Å²) in [7, 11) is 0. The second-order valence-corrected chi connectivity index (χ2v) is 7.62. The van der Waals surface area contributed by atoms with Crippen LogP contribution in [0.25, 0.3) is 0 Å². The van der Waals surface area contributed by atoms with Crippen LogP contribution >= 0.6 is 0 Å². The van der Waals surface area contributed by atoms with Crippen molar-refractivity contribution >= 4 is 23.2 Å². The highest BCUT2D eigenvalue weighted by Gasteiger charge is 2.21. The zero-order valence-electron chi connectivity index (χ0n) is 17.6. The molecule has 2 aromatic rings. The van der Waals surface area contributed by atoms with Gasteiger partial charge in [-0.15, -0.1) is 0 Å². The predicted molar refractivity (Wildman–Crippen MR) is 117 cm³/mol. The largest absolute Gasteiger partial charge is 0.325 e. The fourth-order valence-electron chi connectivity index (χ4n) is 3.63. The molecule has 2 N–H and O–H groups in total. The number of rotatable bonds is 7. The molecular weight excluding hydrogens is 383 g/mol. The third kappa shape index (κ3) is 6.11. The smallest absolute Gasteiger partial charge is 0.238 e. The summed E-state index contributed by atoms with van der Waals surface area (Å²) in [5, 5.41) is 5.84. The number of carbonyl (C=O) groups is 2. The molecule has 1 aliphatic heterocycles. The van der Waals surface area contributed by atoms with Crippen molar-refractivity contribution in [1.29, 1.82) is 0 Å². The molecular formula is C23H29FN4O2. The molecule has 2 amide bonds. The number of piperazine rings is 1. The molecule has 3 rings (SSSR count). The van der Waals surface area contributed by atoms with E-state index in [9.17, 15) is 14.0 Å². The predicted octanol–water partition coefficient (Wildman–Crippen LogP) is 2.89. The normalized spacial score (nSPS) is 15.0. The zero-order chi connectivity index (χ0) is 21.5. The molecule has 2 aromatic carbocycles. The first kappa shape index (κ1) is 21.9. The van der Waals surface area contributed by atoms with Crippen LogP contribution in [0.5, 0.6) is 0 Å². The van der Waals surface area contributed by atoms with Crippen LogP contribution in [-0.2, 0) is 16.0 Å². The Balaban J connectivity index is 1.42. The highest BCUT2D eigenvalue weighted by atomic mass is 19.1. The maximum absolute atomic E-state index is 12.9. The van der Waals surface area contributed by atoms with E-state index in [-0.39, 0.29) is 24.2 Å². The second-order valence-electron chi connectivity index (χ2n) is 7.62. The van der Waals surface area contributed by atoms with Crippen molar-refractivity contribution < 1.29 is 14.0 Å². The molecule has 0 atom stereocenters. The van der Waals surface area contributed by atoms with Crippen LogP contribution in [0.2, 0.25) is 0 Å². The monoisotopic (exact) mass is 412 g/mol. The Hall–Kier alpha value is -2.77. The van der Waals surface area contributed by atoms with Gasteiger partial charge in [-0.3, -0.25) is 19.4 Å². The molecule has 0 radical (unpaired) electrons. The van der Waals surface area contributed by atoms with Gasteiger partial charge in [0.25, 0.3) is 0 Å². The number of para-hydroxylation sites is 1. The number of benzene rings is 2. The van der Waals surface area contributed by atoms with Gasteiger partial charge in [-0.1, -0.05) is 25.1 Å². The third-order valence-corrected chi connectivity index (χ3v) is 5.33. The number of carbonyl (C=O) groups excluding carboxylic acids is 2. The molecule has 0 saturated carbocycles. The minimum absolute atomic E-state index is 0.0125. The van der Waals surface area contributed by atoms with Crippen molar-refractivity contribution in [3.63, 3.8) is 0 Å². The maximum Gasteiger partial charge on any atom is 0.238 e. The minimum Gasteiger partial charge on any atom is -0.325 e. The van der Waals surface area contributed by atoms with Crippen molar-refractivity contribution in [2.45, 2.75) is 20.3 Å². The molecule has 1 saturated heterocycles. The van der Waals surface area contributed by atoms with Crippen LogP contribution in [0.3, 0.4) is 0 Å². The number of anilines is 2. The minimum atomic E-state index is -0.332. The number of halogens is 1. The standard InChI is InChI=1S/C23H29FN4O2/c1-3-18-6-4-5-17(2)23(18)26-22(30)16-28-13-11-27(12-14-28)15-21(29)25-20-9-7-19(24)8-10-20/h4-10H,3,11-16H2,1-2H3,(H,25,29)(H,26,30). The number of amides is 2. The summed E-state index contributed by atoms with van der Waals surface area (Å²) in [6, 6.07) is 11.8. The van der Waals surface area contributed by atoms with E-state index < -0.39 is 0 Å². The van der Waals surface area contributed by atoms with Gasteiger partial charge in [0, 0.05) is 37.6 Å². The number of aryl methyl sites for hydroxylation is 2. The van der Waals surface area contributed by atoms with Crippen LogP contribution in [0.1, 0.15) is 18.1 Å². The molecule has 0 unspecified atom stereocenters. The lowest BCUT2D eigenvalue weighted by atomic mass is 10.1. The molecule has 6 nitrogen and oxygen atoms in total. The first-order valence-electron chi connectivity index (χ1n) is 10.3. The van der Waals surface area contributed by atoms with Gasteiger partial charge in [0.05, 0.1) is 13.1 Å². The van der Waals surface area contributed by atoms with Gasteiger partial charge in [0.1, 0.15) is 5.82 Å². The topological polar surface area (TPSA) is 64.7 Å². The van der Waals surface area contributed by atoms with Gasteiger partial charge in [-0.2, -0.15) is 0 Å². The quantitative estimate of drug-likeness (QED) is 0.734. The van der Waals surface area contributed by atoms with Gasteiger partial charge in [0.15, 0.2) is 0 Å². The van der Waals surface area contributed by atoms with E-state index in [2.05, 4.69) is 27.4 Å². The summed E-state index contributed by atoms with van der Waals surface area (Å²) < 4.78 is 12.9. The molecule has 1 aliphatic rings. The van der Waals surface area contributed by atoms with E-state index in [4.69, 9.17) is 0 Å². The molecule has 30 heavy (non-hydrogen) atoms. The van der Waals surface area contributed by atoms with Gasteiger partial charge < -0.3 is 10.6 Å². The van der Waals surface area contributed by atoms with Crippen LogP contribution in [0, 0.1) is 12.7 Å². The Morgan fingerprint density at radius 1 is 0.900 bits per heavy atom. The zero-order valence-corrected chi connectivity index (χ0v) is 17.6. The van der Waals surface area contributed by atoms with E-state index in [1.54, 1.807) is 12.1 Å². The highest BCUT2D eigenvalue weighted by Crippen LogP contribution is 2.21. The van der Waals surface area contributed by atoms with Gasteiger partial charge >= 0.3 is 0 Å². The molecule has 7 heteroatoms. The summed E-state index contributed by atoms with van der Waals surface area (Å²) >= 11 is 0. The summed E-state index contributed by atoms with van der Waals surface area (Å²) in [4.78, 5) is 28.9. The first-order chi connectivity index (χ1) is 14.4. The van der Waals surface area contributed by atoms with Crippen molar-refractivity contribution in [1.82, 2.24) is 9.80 Å². The molecule has 160 valence electrons. The van der Waals surface area contributed by atoms with Crippen LogP contribution in [-0.4, -0.2) is 60.9 Å². The molecule has 0 spiro atoms. The third-order valence-electron chi connectivity index (χ3n) is 5.33.